The average Bonchev–Trinajstić information content (AvgIpc) is 2.60. The zero-order valence-electron chi connectivity index (χ0n) is 10.2. The molecule has 1 saturated heterocycles. The molecule has 1 atom stereocenters. The number of hydrogen-bond acceptors (Lipinski definition) is 5. The summed E-state index contributed by atoms with van der Waals surface area (Å²) in [6.45, 7) is 3.15. The molecule has 1 heterocycles. The monoisotopic (exact) mass is 284 g/mol. The first-order chi connectivity index (χ1) is 7.62. The fourth-order valence-electron chi connectivity index (χ4n) is 1.71. The lowest BCUT2D eigenvalue weighted by molar-refractivity contribution is 0.409. The van der Waals surface area contributed by atoms with Crippen LogP contribution in [-0.2, 0) is 19.9 Å². The number of sulfonamides is 1. The SMILES string of the molecule is CC1(CNS(=O)(=O)CCS(C)(=O)=O)CCCN1. The maximum absolute atomic E-state index is 11.6. The van der Waals surface area contributed by atoms with E-state index in [1.165, 1.54) is 0 Å². The van der Waals surface area contributed by atoms with Crippen LogP contribution in [0.15, 0.2) is 0 Å². The van der Waals surface area contributed by atoms with Gasteiger partial charge in [0.05, 0.1) is 11.5 Å². The van der Waals surface area contributed by atoms with Crippen LogP contribution in [-0.4, -0.2) is 53.2 Å². The lowest BCUT2D eigenvalue weighted by Crippen LogP contribution is -2.48. The van der Waals surface area contributed by atoms with Crippen molar-refractivity contribution >= 4 is 19.9 Å². The van der Waals surface area contributed by atoms with Crippen molar-refractivity contribution in [2.24, 2.45) is 0 Å². The van der Waals surface area contributed by atoms with E-state index in [0.717, 1.165) is 25.6 Å². The molecule has 102 valence electrons. The smallest absolute Gasteiger partial charge is 0.212 e. The van der Waals surface area contributed by atoms with Crippen LogP contribution in [0.4, 0.5) is 0 Å². The summed E-state index contributed by atoms with van der Waals surface area (Å²) in [5, 5.41) is 3.23. The van der Waals surface area contributed by atoms with Gasteiger partial charge in [-0.15, -0.1) is 0 Å². The highest BCUT2D eigenvalue weighted by atomic mass is 32.2. The quantitative estimate of drug-likeness (QED) is 0.659. The van der Waals surface area contributed by atoms with Gasteiger partial charge in [-0.05, 0) is 26.3 Å². The van der Waals surface area contributed by atoms with Crippen LogP contribution in [0.25, 0.3) is 0 Å². The Morgan fingerprint density at radius 3 is 2.35 bits per heavy atom. The zero-order valence-corrected chi connectivity index (χ0v) is 11.8. The predicted octanol–water partition coefficient (Wildman–Crippen LogP) is -0.907. The maximum Gasteiger partial charge on any atom is 0.212 e. The molecule has 0 bridgehead atoms. The van der Waals surface area contributed by atoms with Crippen LogP contribution in [0.2, 0.25) is 0 Å². The third-order valence-electron chi connectivity index (χ3n) is 2.86. The summed E-state index contributed by atoms with van der Waals surface area (Å²) in [5.74, 6) is -0.714. The third-order valence-corrected chi connectivity index (χ3v) is 5.39. The fourth-order valence-corrected chi connectivity index (χ4v) is 4.48. The fraction of sp³-hybridized carbons (Fsp3) is 1.00. The van der Waals surface area contributed by atoms with Gasteiger partial charge < -0.3 is 5.32 Å². The highest BCUT2D eigenvalue weighted by Crippen LogP contribution is 2.17. The van der Waals surface area contributed by atoms with E-state index in [0.29, 0.717) is 6.54 Å². The van der Waals surface area contributed by atoms with E-state index in [1.807, 2.05) is 6.92 Å². The highest BCUT2D eigenvalue weighted by molar-refractivity contribution is 7.93. The Labute approximate surface area is 103 Å². The topological polar surface area (TPSA) is 92.3 Å². The first-order valence-corrected chi connectivity index (χ1v) is 9.23. The Morgan fingerprint density at radius 2 is 1.88 bits per heavy atom. The van der Waals surface area contributed by atoms with Gasteiger partial charge in [-0.25, -0.2) is 21.6 Å². The average molecular weight is 284 g/mol. The number of rotatable bonds is 6. The van der Waals surface area contributed by atoms with Crippen LogP contribution < -0.4 is 10.0 Å². The van der Waals surface area contributed by atoms with Crippen molar-refractivity contribution in [3.05, 3.63) is 0 Å². The summed E-state index contributed by atoms with van der Waals surface area (Å²) in [5.41, 5.74) is -0.210. The van der Waals surface area contributed by atoms with Gasteiger partial charge in [0.25, 0.3) is 0 Å². The van der Waals surface area contributed by atoms with E-state index < -0.39 is 19.9 Å². The predicted molar refractivity (Wildman–Crippen MR) is 67.1 cm³/mol. The molecule has 0 saturated carbocycles. The molecule has 6 nitrogen and oxygen atoms in total. The molecule has 1 aliphatic heterocycles. The molecule has 0 radical (unpaired) electrons. The molecule has 1 fully saturated rings. The van der Waals surface area contributed by atoms with Crippen molar-refractivity contribution < 1.29 is 16.8 Å². The molecule has 1 rings (SSSR count). The lowest BCUT2D eigenvalue weighted by Gasteiger charge is -2.24. The molecule has 8 heteroatoms. The van der Waals surface area contributed by atoms with Crippen molar-refractivity contribution in [1.29, 1.82) is 0 Å². The van der Waals surface area contributed by atoms with Gasteiger partial charge in [-0.3, -0.25) is 0 Å². The Hall–Kier alpha value is -0.180. The number of sulfone groups is 1. The van der Waals surface area contributed by atoms with Crippen LogP contribution in [0.3, 0.4) is 0 Å². The van der Waals surface area contributed by atoms with Crippen molar-refractivity contribution in [1.82, 2.24) is 10.0 Å². The minimum atomic E-state index is -3.51. The largest absolute Gasteiger partial charge is 0.310 e. The van der Waals surface area contributed by atoms with Crippen molar-refractivity contribution in [2.45, 2.75) is 25.3 Å². The van der Waals surface area contributed by atoms with E-state index >= 15 is 0 Å². The maximum atomic E-state index is 11.6. The van der Waals surface area contributed by atoms with E-state index in [1.54, 1.807) is 0 Å². The molecule has 0 aromatic heterocycles. The van der Waals surface area contributed by atoms with Gasteiger partial charge in [0, 0.05) is 18.3 Å². The number of nitrogens with one attached hydrogen (secondary N) is 2. The standard InChI is InChI=1S/C9H20N2O4S2/c1-9(4-3-5-10-9)8-11-17(14,15)7-6-16(2,12)13/h10-11H,3-8H2,1-2H3. The molecule has 0 aromatic carbocycles. The van der Waals surface area contributed by atoms with E-state index in [2.05, 4.69) is 10.0 Å². The molecule has 2 N–H and O–H groups in total. The molecule has 0 aliphatic carbocycles. The molecule has 0 amide bonds. The van der Waals surface area contributed by atoms with Crippen LogP contribution in [0.5, 0.6) is 0 Å². The minimum Gasteiger partial charge on any atom is -0.310 e. The zero-order chi connectivity index (χ0) is 13.2. The van der Waals surface area contributed by atoms with E-state index in [-0.39, 0.29) is 17.0 Å². The molecule has 0 aromatic rings. The summed E-state index contributed by atoms with van der Waals surface area (Å²) in [4.78, 5) is 0. The van der Waals surface area contributed by atoms with Gasteiger partial charge >= 0.3 is 0 Å². The summed E-state index contributed by atoms with van der Waals surface area (Å²) in [6, 6.07) is 0. The van der Waals surface area contributed by atoms with Crippen LogP contribution in [0, 0.1) is 0 Å². The van der Waals surface area contributed by atoms with Crippen LogP contribution >= 0.6 is 0 Å². The second-order valence-electron chi connectivity index (χ2n) is 4.86. The first kappa shape index (κ1) is 14.9. The van der Waals surface area contributed by atoms with E-state index in [9.17, 15) is 16.8 Å². The van der Waals surface area contributed by atoms with Gasteiger partial charge in [-0.1, -0.05) is 0 Å². The summed E-state index contributed by atoms with van der Waals surface area (Å²) in [6.07, 6.45) is 2.98. The van der Waals surface area contributed by atoms with Gasteiger partial charge in [0.15, 0.2) is 0 Å². The molecule has 1 aliphatic rings. The van der Waals surface area contributed by atoms with Crippen LogP contribution in [0.1, 0.15) is 19.8 Å². The molecule has 1 unspecified atom stereocenters. The Morgan fingerprint density at radius 1 is 1.24 bits per heavy atom. The summed E-state index contributed by atoms with van der Waals surface area (Å²) >= 11 is 0. The minimum absolute atomic E-state index is 0.210. The highest BCUT2D eigenvalue weighted by Gasteiger charge is 2.29. The van der Waals surface area contributed by atoms with Gasteiger partial charge in [-0.2, -0.15) is 0 Å². The Balaban J connectivity index is 2.44. The second kappa shape index (κ2) is 5.21. The molecular formula is C9H20N2O4S2. The Bertz CT molecular complexity index is 449. The summed E-state index contributed by atoms with van der Waals surface area (Å²) in [7, 11) is -6.75. The van der Waals surface area contributed by atoms with Gasteiger partial charge in [0.1, 0.15) is 9.84 Å². The van der Waals surface area contributed by atoms with Gasteiger partial charge in [0.2, 0.25) is 10.0 Å². The van der Waals surface area contributed by atoms with Crippen molar-refractivity contribution in [2.75, 3.05) is 30.9 Å². The normalized spacial score (nSPS) is 26.2. The van der Waals surface area contributed by atoms with Crippen molar-refractivity contribution in [3.8, 4) is 0 Å². The first-order valence-electron chi connectivity index (χ1n) is 5.52. The van der Waals surface area contributed by atoms with Crippen molar-refractivity contribution in [3.63, 3.8) is 0 Å². The van der Waals surface area contributed by atoms with E-state index in [4.69, 9.17) is 0 Å². The summed E-state index contributed by atoms with van der Waals surface area (Å²) < 4.78 is 47.4. The third kappa shape index (κ3) is 5.80. The Kier molecular flexibility index (Phi) is 4.56. The number of hydrogen-bond donors (Lipinski definition) is 2. The molecule has 17 heavy (non-hydrogen) atoms. The molecular weight excluding hydrogens is 264 g/mol. The molecule has 0 spiro atoms. The lowest BCUT2D eigenvalue weighted by atomic mass is 10.0. The second-order valence-corrected chi connectivity index (χ2v) is 9.05.